The van der Waals surface area contributed by atoms with Crippen molar-refractivity contribution in [3.05, 3.63) is 58.6 Å². The molecule has 23 heavy (non-hydrogen) atoms. The fourth-order valence-electron chi connectivity index (χ4n) is 1.79. The summed E-state index contributed by atoms with van der Waals surface area (Å²) in [6.45, 7) is 1.44. The van der Waals surface area contributed by atoms with Gasteiger partial charge in [-0.25, -0.2) is 8.42 Å². The third-order valence-corrected chi connectivity index (χ3v) is 5.07. The molecule has 0 aliphatic heterocycles. The molecule has 0 aliphatic rings. The third-order valence-electron chi connectivity index (χ3n) is 2.97. The van der Waals surface area contributed by atoms with Crippen LogP contribution in [0, 0.1) is 0 Å². The van der Waals surface area contributed by atoms with Crippen LogP contribution in [0.2, 0.25) is 10.0 Å². The van der Waals surface area contributed by atoms with E-state index in [9.17, 15) is 13.2 Å². The van der Waals surface area contributed by atoms with Crippen molar-refractivity contribution in [2.24, 2.45) is 0 Å². The van der Waals surface area contributed by atoms with Gasteiger partial charge in [0, 0.05) is 5.02 Å². The zero-order valence-corrected chi connectivity index (χ0v) is 14.4. The van der Waals surface area contributed by atoms with E-state index in [1.54, 1.807) is 30.3 Å². The van der Waals surface area contributed by atoms with Crippen LogP contribution in [-0.4, -0.2) is 20.4 Å². The molecule has 2 N–H and O–H groups in total. The number of amides is 1. The van der Waals surface area contributed by atoms with Gasteiger partial charge < -0.3 is 5.32 Å². The number of carbonyl (C=O) groups excluding carboxylic acids is 1. The number of benzene rings is 2. The quantitative estimate of drug-likeness (QED) is 0.845. The van der Waals surface area contributed by atoms with Gasteiger partial charge in [-0.1, -0.05) is 41.4 Å². The van der Waals surface area contributed by atoms with E-state index in [-0.39, 0.29) is 9.92 Å². The molecular weight excluding hydrogens is 359 g/mol. The average molecular weight is 373 g/mol. The van der Waals surface area contributed by atoms with Gasteiger partial charge in [0.1, 0.15) is 0 Å². The van der Waals surface area contributed by atoms with Crippen LogP contribution in [0.3, 0.4) is 0 Å². The Balaban J connectivity index is 2.08. The predicted octanol–water partition coefficient (Wildman–Crippen LogP) is 3.30. The van der Waals surface area contributed by atoms with E-state index in [4.69, 9.17) is 23.2 Å². The summed E-state index contributed by atoms with van der Waals surface area (Å²) in [6, 6.07) is 11.4. The number of hydrogen-bond donors (Lipinski definition) is 2. The van der Waals surface area contributed by atoms with Crippen molar-refractivity contribution >= 4 is 44.8 Å². The Kier molecular flexibility index (Phi) is 5.64. The molecule has 122 valence electrons. The van der Waals surface area contributed by atoms with Crippen LogP contribution in [-0.2, 0) is 14.8 Å². The van der Waals surface area contributed by atoms with Crippen molar-refractivity contribution in [2.45, 2.75) is 17.9 Å². The summed E-state index contributed by atoms with van der Waals surface area (Å²) in [4.78, 5) is 12.2. The maximum absolute atomic E-state index is 12.2. The summed E-state index contributed by atoms with van der Waals surface area (Å²) in [5, 5.41) is 3.26. The maximum Gasteiger partial charge on any atom is 0.242 e. The smallest absolute Gasteiger partial charge is 0.242 e. The van der Waals surface area contributed by atoms with Gasteiger partial charge >= 0.3 is 0 Å². The summed E-state index contributed by atoms with van der Waals surface area (Å²) in [7, 11) is -3.78. The lowest BCUT2D eigenvalue weighted by atomic mass is 10.3. The number of halogens is 2. The Morgan fingerprint density at radius 3 is 2.35 bits per heavy atom. The number of rotatable bonds is 5. The first-order chi connectivity index (χ1) is 10.8. The Hall–Kier alpha value is -1.60. The van der Waals surface area contributed by atoms with Gasteiger partial charge in [-0.3, -0.25) is 4.79 Å². The molecule has 2 rings (SSSR count). The summed E-state index contributed by atoms with van der Waals surface area (Å²) in [5.41, 5.74) is 0.354. The molecule has 0 radical (unpaired) electrons. The summed E-state index contributed by atoms with van der Waals surface area (Å²) in [6.07, 6.45) is 0. The van der Waals surface area contributed by atoms with Crippen LogP contribution in [0.15, 0.2) is 53.4 Å². The van der Waals surface area contributed by atoms with Crippen LogP contribution in [0.5, 0.6) is 0 Å². The third kappa shape index (κ3) is 4.68. The molecule has 0 aromatic heterocycles. The van der Waals surface area contributed by atoms with Crippen LogP contribution >= 0.6 is 23.2 Å². The lowest BCUT2D eigenvalue weighted by Crippen LogP contribution is -2.41. The van der Waals surface area contributed by atoms with Crippen molar-refractivity contribution < 1.29 is 13.2 Å². The molecule has 1 atom stereocenters. The lowest BCUT2D eigenvalue weighted by Gasteiger charge is -2.15. The molecule has 5 nitrogen and oxygen atoms in total. The van der Waals surface area contributed by atoms with E-state index in [1.807, 2.05) is 0 Å². The normalized spacial score (nSPS) is 12.7. The molecule has 0 saturated heterocycles. The fourth-order valence-corrected chi connectivity index (χ4v) is 3.47. The minimum atomic E-state index is -3.78. The molecule has 2 aromatic carbocycles. The Bertz CT molecular complexity index is 811. The first kappa shape index (κ1) is 17.7. The van der Waals surface area contributed by atoms with Gasteiger partial charge in [0.2, 0.25) is 15.9 Å². The fraction of sp³-hybridized carbons (Fsp3) is 0.133. The van der Waals surface area contributed by atoms with Gasteiger partial charge in [-0.15, -0.1) is 0 Å². The number of sulfonamides is 1. The molecule has 0 unspecified atom stereocenters. The molecule has 0 bridgehead atoms. The monoisotopic (exact) mass is 372 g/mol. The van der Waals surface area contributed by atoms with Crippen molar-refractivity contribution in [3.63, 3.8) is 0 Å². The van der Waals surface area contributed by atoms with Gasteiger partial charge in [-0.05, 0) is 37.3 Å². The van der Waals surface area contributed by atoms with Crippen molar-refractivity contribution in [1.82, 2.24) is 4.72 Å². The number of nitrogens with one attached hydrogen (secondary N) is 2. The Morgan fingerprint density at radius 2 is 1.74 bits per heavy atom. The van der Waals surface area contributed by atoms with E-state index in [2.05, 4.69) is 10.0 Å². The second-order valence-electron chi connectivity index (χ2n) is 4.77. The Morgan fingerprint density at radius 1 is 1.09 bits per heavy atom. The number of carbonyl (C=O) groups is 1. The molecule has 1 amide bonds. The molecule has 2 aromatic rings. The van der Waals surface area contributed by atoms with E-state index >= 15 is 0 Å². The van der Waals surface area contributed by atoms with Crippen LogP contribution in [0.1, 0.15) is 6.92 Å². The van der Waals surface area contributed by atoms with Crippen LogP contribution < -0.4 is 10.0 Å². The van der Waals surface area contributed by atoms with E-state index in [0.717, 1.165) is 0 Å². The molecule has 8 heteroatoms. The van der Waals surface area contributed by atoms with Crippen molar-refractivity contribution in [2.75, 3.05) is 5.32 Å². The van der Waals surface area contributed by atoms with Crippen molar-refractivity contribution in [1.29, 1.82) is 0 Å². The molecule has 0 spiro atoms. The summed E-state index contributed by atoms with van der Waals surface area (Å²) >= 11 is 11.8. The molecule has 0 heterocycles. The molecular formula is C15H14Cl2N2O3S. The Labute approximate surface area is 144 Å². The molecule has 0 saturated carbocycles. The van der Waals surface area contributed by atoms with Gasteiger partial charge in [0.15, 0.2) is 0 Å². The first-order valence-corrected chi connectivity index (χ1v) is 8.87. The average Bonchev–Trinajstić information content (AvgIpc) is 2.50. The SMILES string of the molecule is C[C@@H](NS(=O)(=O)c1ccccc1)C(=O)Nc1ccc(Cl)cc1Cl. The second-order valence-corrected chi connectivity index (χ2v) is 7.33. The molecule has 0 aliphatic carbocycles. The highest BCUT2D eigenvalue weighted by Crippen LogP contribution is 2.25. The van der Waals surface area contributed by atoms with E-state index in [0.29, 0.717) is 10.7 Å². The summed E-state index contributed by atoms with van der Waals surface area (Å²) < 4.78 is 26.7. The minimum Gasteiger partial charge on any atom is -0.323 e. The van der Waals surface area contributed by atoms with E-state index in [1.165, 1.54) is 25.1 Å². The highest BCUT2D eigenvalue weighted by molar-refractivity contribution is 7.89. The maximum atomic E-state index is 12.2. The number of anilines is 1. The topological polar surface area (TPSA) is 75.3 Å². The van der Waals surface area contributed by atoms with Crippen LogP contribution in [0.25, 0.3) is 0 Å². The first-order valence-electron chi connectivity index (χ1n) is 6.63. The van der Waals surface area contributed by atoms with E-state index < -0.39 is 22.0 Å². The minimum absolute atomic E-state index is 0.0872. The van der Waals surface area contributed by atoms with Crippen LogP contribution in [0.4, 0.5) is 5.69 Å². The molecule has 0 fully saturated rings. The standard InChI is InChI=1S/C15H14Cl2N2O3S/c1-10(19-23(21,22)12-5-3-2-4-6-12)15(20)18-14-8-7-11(16)9-13(14)17/h2-10,19H,1H3,(H,18,20)/t10-/m1/s1. The second kappa shape index (κ2) is 7.31. The van der Waals surface area contributed by atoms with Gasteiger partial charge in [-0.2, -0.15) is 4.72 Å². The van der Waals surface area contributed by atoms with Gasteiger partial charge in [0.05, 0.1) is 21.6 Å². The zero-order valence-electron chi connectivity index (χ0n) is 12.1. The summed E-state index contributed by atoms with van der Waals surface area (Å²) in [5.74, 6) is -0.534. The highest BCUT2D eigenvalue weighted by Gasteiger charge is 2.22. The zero-order chi connectivity index (χ0) is 17.0. The predicted molar refractivity (Wildman–Crippen MR) is 91.3 cm³/mol. The van der Waals surface area contributed by atoms with Crippen molar-refractivity contribution in [3.8, 4) is 0 Å². The highest BCUT2D eigenvalue weighted by atomic mass is 35.5. The van der Waals surface area contributed by atoms with Gasteiger partial charge in [0.25, 0.3) is 0 Å². The largest absolute Gasteiger partial charge is 0.323 e. The number of hydrogen-bond acceptors (Lipinski definition) is 3. The lowest BCUT2D eigenvalue weighted by molar-refractivity contribution is -0.117.